The van der Waals surface area contributed by atoms with Crippen LogP contribution in [0, 0.1) is 11.7 Å². The van der Waals surface area contributed by atoms with Crippen molar-refractivity contribution in [1.29, 1.82) is 0 Å². The van der Waals surface area contributed by atoms with Gasteiger partial charge in [0.05, 0.1) is 0 Å². The van der Waals surface area contributed by atoms with E-state index in [9.17, 15) is 4.39 Å². The van der Waals surface area contributed by atoms with E-state index in [1.165, 1.54) is 6.07 Å². The maximum Gasteiger partial charge on any atom is 0.126 e. The molecule has 0 fully saturated rings. The zero-order valence-corrected chi connectivity index (χ0v) is 8.74. The molecule has 0 saturated heterocycles. The molecule has 2 heteroatoms. The third-order valence-electron chi connectivity index (χ3n) is 1.90. The Morgan fingerprint density at radius 2 is 2.08 bits per heavy atom. The molecule has 0 unspecified atom stereocenters. The molecule has 0 heterocycles. The molecule has 0 spiro atoms. The van der Waals surface area contributed by atoms with Gasteiger partial charge in [0.2, 0.25) is 0 Å². The lowest BCUT2D eigenvalue weighted by Crippen LogP contribution is -1.98. The third-order valence-corrected chi connectivity index (χ3v) is 2.21. The molecular weight excluding hydrogens is 187 g/mol. The van der Waals surface area contributed by atoms with Crippen molar-refractivity contribution in [2.24, 2.45) is 5.92 Å². The Bertz CT molecular complexity index is 281. The second-order valence-electron chi connectivity index (χ2n) is 3.66. The lowest BCUT2D eigenvalue weighted by molar-refractivity contribution is 0.573. The highest BCUT2D eigenvalue weighted by molar-refractivity contribution is 6.17. The van der Waals surface area contributed by atoms with Gasteiger partial charge < -0.3 is 0 Å². The number of halogens is 2. The van der Waals surface area contributed by atoms with E-state index in [0.29, 0.717) is 11.8 Å². The molecule has 1 aromatic carbocycles. The molecule has 1 aromatic rings. The standard InChI is InChI=1S/C11H14ClF/c1-8(2)5-10-4-3-9(7-12)6-11(10)13/h3-4,6,8H,5,7H2,1-2H3. The monoisotopic (exact) mass is 200 g/mol. The zero-order valence-electron chi connectivity index (χ0n) is 7.98. The smallest absolute Gasteiger partial charge is 0.126 e. The van der Waals surface area contributed by atoms with E-state index in [1.807, 2.05) is 12.1 Å². The molecule has 0 aliphatic carbocycles. The molecular formula is C11H14ClF. The molecule has 0 bridgehead atoms. The van der Waals surface area contributed by atoms with E-state index in [2.05, 4.69) is 13.8 Å². The lowest BCUT2D eigenvalue weighted by atomic mass is 10.0. The minimum Gasteiger partial charge on any atom is -0.207 e. The third kappa shape index (κ3) is 3.00. The van der Waals surface area contributed by atoms with Crippen LogP contribution in [0.15, 0.2) is 18.2 Å². The summed E-state index contributed by atoms with van der Waals surface area (Å²) in [6.45, 7) is 4.16. The molecule has 0 amide bonds. The van der Waals surface area contributed by atoms with Crippen molar-refractivity contribution in [3.05, 3.63) is 35.1 Å². The van der Waals surface area contributed by atoms with E-state index >= 15 is 0 Å². The van der Waals surface area contributed by atoms with Crippen LogP contribution in [0.3, 0.4) is 0 Å². The van der Waals surface area contributed by atoms with Crippen LogP contribution in [0.4, 0.5) is 4.39 Å². The van der Waals surface area contributed by atoms with Crippen molar-refractivity contribution >= 4 is 11.6 Å². The summed E-state index contributed by atoms with van der Waals surface area (Å²) in [4.78, 5) is 0. The molecule has 1 rings (SSSR count). The SMILES string of the molecule is CC(C)Cc1ccc(CCl)cc1F. The summed E-state index contributed by atoms with van der Waals surface area (Å²) >= 11 is 5.59. The average Bonchev–Trinajstić information content (AvgIpc) is 2.08. The minimum atomic E-state index is -0.133. The van der Waals surface area contributed by atoms with Crippen molar-refractivity contribution < 1.29 is 4.39 Å². The van der Waals surface area contributed by atoms with E-state index in [0.717, 1.165) is 17.5 Å². The van der Waals surface area contributed by atoms with E-state index in [1.54, 1.807) is 0 Å². The first-order valence-corrected chi connectivity index (χ1v) is 5.00. The van der Waals surface area contributed by atoms with Gasteiger partial charge in [-0.2, -0.15) is 0 Å². The van der Waals surface area contributed by atoms with Gasteiger partial charge in [-0.3, -0.25) is 0 Å². The number of alkyl halides is 1. The maximum atomic E-state index is 13.3. The lowest BCUT2D eigenvalue weighted by Gasteiger charge is -2.06. The predicted molar refractivity (Wildman–Crippen MR) is 54.5 cm³/mol. The van der Waals surface area contributed by atoms with Crippen LogP contribution in [0.1, 0.15) is 25.0 Å². The fourth-order valence-corrected chi connectivity index (χ4v) is 1.45. The fourth-order valence-electron chi connectivity index (χ4n) is 1.28. The summed E-state index contributed by atoms with van der Waals surface area (Å²) in [5.41, 5.74) is 1.62. The number of hydrogen-bond acceptors (Lipinski definition) is 0. The first-order chi connectivity index (χ1) is 6.13. The molecule has 0 atom stereocenters. The van der Waals surface area contributed by atoms with Gasteiger partial charge in [0, 0.05) is 5.88 Å². The Balaban J connectivity index is 2.85. The molecule has 0 aromatic heterocycles. The van der Waals surface area contributed by atoms with Crippen LogP contribution >= 0.6 is 11.6 Å². The van der Waals surface area contributed by atoms with Crippen LogP contribution in [-0.4, -0.2) is 0 Å². The highest BCUT2D eigenvalue weighted by Crippen LogP contribution is 2.15. The summed E-state index contributed by atoms with van der Waals surface area (Å²) in [6, 6.07) is 5.23. The van der Waals surface area contributed by atoms with Crippen molar-refractivity contribution in [2.45, 2.75) is 26.1 Å². The molecule has 13 heavy (non-hydrogen) atoms. The largest absolute Gasteiger partial charge is 0.207 e. The van der Waals surface area contributed by atoms with Crippen molar-refractivity contribution in [3.63, 3.8) is 0 Å². The predicted octanol–water partition coefficient (Wildman–Crippen LogP) is 3.76. The Hall–Kier alpha value is -0.560. The van der Waals surface area contributed by atoms with Gasteiger partial charge in [-0.1, -0.05) is 26.0 Å². The Morgan fingerprint density at radius 3 is 2.54 bits per heavy atom. The topological polar surface area (TPSA) is 0 Å². The van der Waals surface area contributed by atoms with E-state index in [-0.39, 0.29) is 5.82 Å². The van der Waals surface area contributed by atoms with Gasteiger partial charge in [0.15, 0.2) is 0 Å². The molecule has 0 N–H and O–H groups in total. The van der Waals surface area contributed by atoms with Gasteiger partial charge in [-0.05, 0) is 29.5 Å². The molecule has 0 aliphatic rings. The summed E-state index contributed by atoms with van der Waals surface area (Å²) in [6.07, 6.45) is 0.786. The molecule has 0 saturated carbocycles. The Labute approximate surface area is 83.7 Å². The Kier molecular flexibility index (Phi) is 3.73. The second-order valence-corrected chi connectivity index (χ2v) is 3.92. The fraction of sp³-hybridized carbons (Fsp3) is 0.455. The number of rotatable bonds is 3. The molecule has 0 nitrogen and oxygen atoms in total. The second kappa shape index (κ2) is 4.61. The van der Waals surface area contributed by atoms with Gasteiger partial charge in [-0.15, -0.1) is 11.6 Å². The Morgan fingerprint density at radius 1 is 1.38 bits per heavy atom. The number of hydrogen-bond donors (Lipinski definition) is 0. The quantitative estimate of drug-likeness (QED) is 0.652. The summed E-state index contributed by atoms with van der Waals surface area (Å²) in [7, 11) is 0. The first-order valence-electron chi connectivity index (χ1n) is 4.46. The molecule has 0 radical (unpaired) electrons. The number of benzene rings is 1. The van der Waals surface area contributed by atoms with E-state index in [4.69, 9.17) is 11.6 Å². The summed E-state index contributed by atoms with van der Waals surface area (Å²) in [5, 5.41) is 0. The summed E-state index contributed by atoms with van der Waals surface area (Å²) in [5.74, 6) is 0.724. The highest BCUT2D eigenvalue weighted by Gasteiger charge is 2.04. The minimum absolute atomic E-state index is 0.133. The van der Waals surface area contributed by atoms with Crippen molar-refractivity contribution in [2.75, 3.05) is 0 Å². The van der Waals surface area contributed by atoms with Crippen LogP contribution in [0.2, 0.25) is 0 Å². The van der Waals surface area contributed by atoms with Crippen molar-refractivity contribution in [1.82, 2.24) is 0 Å². The van der Waals surface area contributed by atoms with Gasteiger partial charge in [0.25, 0.3) is 0 Å². The van der Waals surface area contributed by atoms with Gasteiger partial charge >= 0.3 is 0 Å². The van der Waals surface area contributed by atoms with E-state index < -0.39 is 0 Å². The zero-order chi connectivity index (χ0) is 9.84. The van der Waals surface area contributed by atoms with Crippen LogP contribution in [-0.2, 0) is 12.3 Å². The van der Waals surface area contributed by atoms with Crippen LogP contribution in [0.25, 0.3) is 0 Å². The maximum absolute atomic E-state index is 13.3. The van der Waals surface area contributed by atoms with Crippen LogP contribution < -0.4 is 0 Å². The first kappa shape index (κ1) is 10.5. The highest BCUT2D eigenvalue weighted by atomic mass is 35.5. The molecule has 72 valence electrons. The van der Waals surface area contributed by atoms with Crippen LogP contribution in [0.5, 0.6) is 0 Å². The normalized spacial score (nSPS) is 10.8. The van der Waals surface area contributed by atoms with Gasteiger partial charge in [0.1, 0.15) is 5.82 Å². The molecule has 0 aliphatic heterocycles. The van der Waals surface area contributed by atoms with Crippen molar-refractivity contribution in [3.8, 4) is 0 Å². The summed E-state index contributed by atoms with van der Waals surface area (Å²) < 4.78 is 13.3. The van der Waals surface area contributed by atoms with Gasteiger partial charge in [-0.25, -0.2) is 4.39 Å². The average molecular weight is 201 g/mol.